The van der Waals surface area contributed by atoms with E-state index < -0.39 is 0 Å². The second-order valence-electron chi connectivity index (χ2n) is 8.59. The molecule has 0 aliphatic heterocycles. The van der Waals surface area contributed by atoms with Crippen LogP contribution in [0.5, 0.6) is 0 Å². The van der Waals surface area contributed by atoms with E-state index in [1.807, 2.05) is 0 Å². The monoisotopic (exact) mass is 506 g/mol. The van der Waals surface area contributed by atoms with Crippen molar-refractivity contribution in [3.63, 3.8) is 0 Å². The molecule has 2 aliphatic carbocycles. The summed E-state index contributed by atoms with van der Waals surface area (Å²) in [5, 5.41) is 0. The van der Waals surface area contributed by atoms with Crippen LogP contribution in [-0.4, -0.2) is 13.6 Å². The van der Waals surface area contributed by atoms with Crippen molar-refractivity contribution in [1.29, 1.82) is 0 Å². The van der Waals surface area contributed by atoms with Gasteiger partial charge in [0.2, 0.25) is 0 Å². The SMILES string of the molecule is CC1C(C)C(C)C(C)C1C.CC1C(C)C(C)C(C)C1C.[C-]#[O+].[C-]#[O+].[CH-]=O.[CH-]=O.[Fe+2].[Fe]. The third-order valence-electron chi connectivity index (χ3n) is 8.29. The first-order valence-corrected chi connectivity index (χ1v) is 9.99. The summed E-state index contributed by atoms with van der Waals surface area (Å²) < 4.78 is 15.0. The quantitative estimate of drug-likeness (QED) is 0.182. The van der Waals surface area contributed by atoms with E-state index in [0.29, 0.717) is 0 Å². The molecule has 0 heterocycles. The molecule has 0 atom stereocenters. The van der Waals surface area contributed by atoms with Gasteiger partial charge >= 0.3 is 39.7 Å². The Morgan fingerprint density at radius 2 is 0.433 bits per heavy atom. The van der Waals surface area contributed by atoms with Gasteiger partial charge in [0.1, 0.15) is 0 Å². The van der Waals surface area contributed by atoms with Crippen molar-refractivity contribution in [3.05, 3.63) is 13.3 Å². The molecule has 0 amide bonds. The molecule has 0 aromatic rings. The van der Waals surface area contributed by atoms with Crippen molar-refractivity contribution in [3.8, 4) is 0 Å². The van der Waals surface area contributed by atoms with E-state index in [0.717, 1.165) is 59.2 Å². The number of hydrogen-bond donors (Lipinski definition) is 0. The zero-order chi connectivity index (χ0) is 23.8. The Morgan fingerprint density at radius 3 is 0.467 bits per heavy atom. The van der Waals surface area contributed by atoms with E-state index in [4.69, 9.17) is 18.9 Å². The number of rotatable bonds is 0. The molecule has 0 aromatic carbocycles. The molecule has 0 spiro atoms. The van der Waals surface area contributed by atoms with Crippen LogP contribution in [0.3, 0.4) is 0 Å². The van der Waals surface area contributed by atoms with Gasteiger partial charge in [0, 0.05) is 17.1 Å². The number of carbonyl (C=O) groups excluding carboxylic acids is 2. The van der Waals surface area contributed by atoms with Crippen molar-refractivity contribution in [2.75, 3.05) is 0 Å². The molecule has 0 radical (unpaired) electrons. The summed E-state index contributed by atoms with van der Waals surface area (Å²) in [6.07, 6.45) is 0. The summed E-state index contributed by atoms with van der Waals surface area (Å²) in [5.41, 5.74) is 0. The van der Waals surface area contributed by atoms with Crippen molar-refractivity contribution >= 4 is 13.6 Å². The molecule has 0 N–H and O–H groups in total. The molecule has 0 aromatic heterocycles. The van der Waals surface area contributed by atoms with Crippen LogP contribution in [0.25, 0.3) is 0 Å². The van der Waals surface area contributed by atoms with Crippen LogP contribution < -0.4 is 0 Å². The molecule has 0 saturated heterocycles. The van der Waals surface area contributed by atoms with Crippen LogP contribution in [0.4, 0.5) is 0 Å². The van der Waals surface area contributed by atoms with E-state index in [9.17, 15) is 0 Å². The van der Waals surface area contributed by atoms with Crippen molar-refractivity contribution in [2.24, 2.45) is 59.2 Å². The molecule has 2 saturated carbocycles. The Bertz CT molecular complexity index is 289. The van der Waals surface area contributed by atoms with E-state index in [-0.39, 0.29) is 34.1 Å². The first-order valence-electron chi connectivity index (χ1n) is 9.99. The zero-order valence-electron chi connectivity index (χ0n) is 20.3. The van der Waals surface area contributed by atoms with Gasteiger partial charge in [-0.1, -0.05) is 69.2 Å². The molecule has 2 aliphatic rings. The topological polar surface area (TPSA) is 73.9 Å². The third-order valence-corrected chi connectivity index (χ3v) is 8.29. The largest absolute Gasteiger partial charge is 2.00 e. The molecule has 30 heavy (non-hydrogen) atoms. The maximum absolute atomic E-state index is 7.75. The molecular weight excluding hydrogens is 464 g/mol. The van der Waals surface area contributed by atoms with Crippen LogP contribution in [0.1, 0.15) is 69.2 Å². The van der Waals surface area contributed by atoms with Crippen LogP contribution in [0, 0.1) is 72.5 Å². The molecule has 0 unspecified atom stereocenters. The Hall–Kier alpha value is -0.141. The van der Waals surface area contributed by atoms with Gasteiger partial charge in [0.25, 0.3) is 0 Å². The zero-order valence-corrected chi connectivity index (χ0v) is 22.5. The summed E-state index contributed by atoms with van der Waals surface area (Å²) in [7, 11) is 0. The van der Waals surface area contributed by atoms with Gasteiger partial charge in [-0.05, 0) is 59.2 Å². The van der Waals surface area contributed by atoms with Crippen molar-refractivity contribution in [1.82, 2.24) is 0 Å². The Morgan fingerprint density at radius 1 is 0.400 bits per heavy atom. The molecule has 6 heteroatoms. The smallest absolute Gasteiger partial charge is 0.545 e. The second kappa shape index (κ2) is 25.1. The van der Waals surface area contributed by atoms with Gasteiger partial charge in [0.15, 0.2) is 0 Å². The van der Waals surface area contributed by atoms with Crippen LogP contribution >= 0.6 is 0 Å². The Balaban J connectivity index is -0.0000000686. The predicted molar refractivity (Wildman–Crippen MR) is 113 cm³/mol. The Kier molecular flexibility index (Phi) is 36.6. The molecule has 0 bridgehead atoms. The summed E-state index contributed by atoms with van der Waals surface area (Å²) >= 11 is 0. The van der Waals surface area contributed by atoms with Crippen LogP contribution in [0.15, 0.2) is 0 Å². The molecule has 2 rings (SSSR count). The van der Waals surface area contributed by atoms with Gasteiger partial charge < -0.3 is 9.59 Å². The minimum absolute atomic E-state index is 0. The van der Waals surface area contributed by atoms with Crippen LogP contribution in [-0.2, 0) is 53.0 Å². The van der Waals surface area contributed by atoms with Gasteiger partial charge in [-0.15, -0.1) is 0 Å². The van der Waals surface area contributed by atoms with Crippen molar-refractivity contribution in [2.45, 2.75) is 69.2 Å². The first-order chi connectivity index (χ1) is 13.1. The fraction of sp³-hybridized carbons (Fsp3) is 0.833. The molecule has 4 nitrogen and oxygen atoms in total. The summed E-state index contributed by atoms with van der Waals surface area (Å²) in [6, 6.07) is 0. The maximum Gasteiger partial charge on any atom is 2.00 e. The fourth-order valence-electron chi connectivity index (χ4n) is 4.79. The summed E-state index contributed by atoms with van der Waals surface area (Å²) in [6.45, 7) is 39.5. The first kappa shape index (κ1) is 43.7. The standard InChI is InChI=1S/2C10H20.2CHO.2CO.2Fe/c2*1-6-7(2)9(4)10(5)8(6)3;4*1-2;;/h2*6-10H,1-5H3;2*1H;;;;/q;;2*-1;;;;+2. The van der Waals surface area contributed by atoms with E-state index in [2.05, 4.69) is 96.1 Å². The average molecular weight is 506 g/mol. The fourth-order valence-corrected chi connectivity index (χ4v) is 4.79. The van der Waals surface area contributed by atoms with E-state index >= 15 is 0 Å². The Labute approximate surface area is 207 Å². The van der Waals surface area contributed by atoms with Gasteiger partial charge in [-0.2, -0.15) is 0 Å². The summed E-state index contributed by atoms with van der Waals surface area (Å²) in [5.74, 6) is 9.35. The maximum atomic E-state index is 7.75. The van der Waals surface area contributed by atoms with E-state index in [1.54, 1.807) is 0 Å². The normalized spacial score (nSPS) is 37.4. The molecule has 178 valence electrons. The van der Waals surface area contributed by atoms with Gasteiger partial charge in [-0.25, -0.2) is 0 Å². The second-order valence-corrected chi connectivity index (χ2v) is 8.59. The molecule has 2 fully saturated rings. The minimum atomic E-state index is 0. The molecular formula is C24H42Fe2O4. The summed E-state index contributed by atoms with van der Waals surface area (Å²) in [4.78, 5) is 15.5. The van der Waals surface area contributed by atoms with E-state index in [1.165, 1.54) is 0 Å². The van der Waals surface area contributed by atoms with Crippen LogP contribution in [0.2, 0.25) is 0 Å². The average Bonchev–Trinajstić information content (AvgIpc) is 3.04. The number of hydrogen-bond acceptors (Lipinski definition) is 2. The third kappa shape index (κ3) is 12.7. The minimum Gasteiger partial charge on any atom is -0.545 e. The predicted octanol–water partition coefficient (Wildman–Crippen LogP) is 5.73. The van der Waals surface area contributed by atoms with Gasteiger partial charge in [-0.3, -0.25) is 13.6 Å². The van der Waals surface area contributed by atoms with Gasteiger partial charge in [0.05, 0.1) is 0 Å². The van der Waals surface area contributed by atoms with Crippen molar-refractivity contribution < 1.29 is 53.0 Å².